The molecule has 0 spiro atoms. The number of halogens is 1. The molecule has 1 rings (SSSR count). The van der Waals surface area contributed by atoms with Crippen LogP contribution in [0.4, 0.5) is 0 Å². The molecule has 1 aromatic rings. The number of alkyl halides is 1. The lowest BCUT2D eigenvalue weighted by atomic mass is 9.97. The Balaban J connectivity index is 3.57. The maximum absolute atomic E-state index is 11.9. The number of carboxylic acids is 2. The van der Waals surface area contributed by atoms with Crippen LogP contribution in [-0.2, 0) is 0 Å². The molecular weight excluding hydrogens is 407 g/mol. The summed E-state index contributed by atoms with van der Waals surface area (Å²) >= 11 is 1.85. The Morgan fingerprint density at radius 1 is 0.909 bits per heavy atom. The Labute approximate surface area is 139 Å². The van der Waals surface area contributed by atoms with E-state index in [2.05, 4.69) is 10.6 Å². The Morgan fingerprint density at radius 3 is 1.64 bits per heavy atom. The molecular formula is C13H13IN2O6. The number of carbonyl (C=O) groups is 4. The fourth-order valence-corrected chi connectivity index (χ4v) is 2.09. The average molecular weight is 420 g/mol. The summed E-state index contributed by atoms with van der Waals surface area (Å²) in [4.78, 5) is 46.3. The summed E-state index contributed by atoms with van der Waals surface area (Å²) in [6, 6.07) is 1.80. The monoisotopic (exact) mass is 420 g/mol. The van der Waals surface area contributed by atoms with E-state index in [1.54, 1.807) is 6.92 Å². The quantitative estimate of drug-likeness (QED) is 0.308. The van der Waals surface area contributed by atoms with E-state index in [9.17, 15) is 29.4 Å². The highest BCUT2D eigenvalue weighted by Gasteiger charge is 2.25. The SMILES string of the molecule is CCNC(=O)c1cc(C(=O)O)c(C(=O)NCI)cc1C(=O)O. The molecule has 0 bridgehead atoms. The van der Waals surface area contributed by atoms with Crippen LogP contribution in [-0.4, -0.2) is 45.1 Å². The maximum Gasteiger partial charge on any atom is 0.336 e. The highest BCUT2D eigenvalue weighted by Crippen LogP contribution is 2.18. The van der Waals surface area contributed by atoms with E-state index in [4.69, 9.17) is 0 Å². The zero-order valence-corrected chi connectivity index (χ0v) is 13.6. The molecule has 0 fully saturated rings. The van der Waals surface area contributed by atoms with Gasteiger partial charge in [-0.2, -0.15) is 0 Å². The van der Waals surface area contributed by atoms with Crippen LogP contribution in [0.1, 0.15) is 48.4 Å². The maximum atomic E-state index is 11.9. The van der Waals surface area contributed by atoms with E-state index >= 15 is 0 Å². The summed E-state index contributed by atoms with van der Waals surface area (Å²) in [5.74, 6) is -4.30. The molecule has 2 amide bonds. The van der Waals surface area contributed by atoms with Crippen molar-refractivity contribution in [3.8, 4) is 0 Å². The predicted octanol–water partition coefficient (Wildman–Crippen LogP) is 0.955. The van der Waals surface area contributed by atoms with Gasteiger partial charge >= 0.3 is 11.9 Å². The molecule has 0 aromatic heterocycles. The van der Waals surface area contributed by atoms with Crippen LogP contribution in [0.2, 0.25) is 0 Å². The lowest BCUT2D eigenvalue weighted by Crippen LogP contribution is -2.28. The molecule has 118 valence electrons. The summed E-state index contributed by atoms with van der Waals surface area (Å²) in [7, 11) is 0. The molecule has 0 aliphatic rings. The number of amides is 2. The van der Waals surface area contributed by atoms with Gasteiger partial charge in [0.05, 0.1) is 26.8 Å². The van der Waals surface area contributed by atoms with Crippen molar-refractivity contribution in [2.75, 3.05) is 11.1 Å². The highest BCUT2D eigenvalue weighted by molar-refractivity contribution is 14.1. The topological polar surface area (TPSA) is 133 Å². The van der Waals surface area contributed by atoms with Crippen LogP contribution >= 0.6 is 22.6 Å². The first-order valence-corrected chi connectivity index (χ1v) is 7.63. The second-order valence-corrected chi connectivity index (χ2v) is 4.82. The van der Waals surface area contributed by atoms with E-state index in [1.165, 1.54) is 0 Å². The number of hydrogen-bond donors (Lipinski definition) is 4. The van der Waals surface area contributed by atoms with E-state index in [1.807, 2.05) is 22.6 Å². The fourth-order valence-electron chi connectivity index (χ4n) is 1.74. The van der Waals surface area contributed by atoms with Gasteiger partial charge in [0.15, 0.2) is 0 Å². The number of carboxylic acid groups (broad SMARTS) is 2. The third-order valence-electron chi connectivity index (χ3n) is 2.67. The molecule has 0 unspecified atom stereocenters. The lowest BCUT2D eigenvalue weighted by Gasteiger charge is -2.11. The van der Waals surface area contributed by atoms with Gasteiger partial charge in [0.2, 0.25) is 0 Å². The zero-order valence-electron chi connectivity index (χ0n) is 11.5. The predicted molar refractivity (Wildman–Crippen MR) is 84.7 cm³/mol. The Kier molecular flexibility index (Phi) is 6.28. The van der Waals surface area contributed by atoms with E-state index in [-0.39, 0.29) is 22.2 Å². The summed E-state index contributed by atoms with van der Waals surface area (Å²) in [6.07, 6.45) is 0. The van der Waals surface area contributed by atoms with Crippen LogP contribution in [0.15, 0.2) is 12.1 Å². The van der Waals surface area contributed by atoms with Crippen molar-refractivity contribution in [1.29, 1.82) is 0 Å². The van der Waals surface area contributed by atoms with Crippen molar-refractivity contribution in [1.82, 2.24) is 10.6 Å². The van der Waals surface area contributed by atoms with Crippen LogP contribution in [0.5, 0.6) is 0 Å². The Hall–Kier alpha value is -2.17. The summed E-state index contributed by atoms with van der Waals surface area (Å²) in [5, 5.41) is 23.2. The molecule has 9 heteroatoms. The number of rotatable bonds is 6. The highest BCUT2D eigenvalue weighted by atomic mass is 127. The molecule has 1 aromatic carbocycles. The molecule has 0 saturated heterocycles. The fraction of sp³-hybridized carbons (Fsp3) is 0.231. The van der Waals surface area contributed by atoms with Gasteiger partial charge in [-0.1, -0.05) is 22.6 Å². The minimum Gasteiger partial charge on any atom is -0.478 e. The number of nitrogens with one attached hydrogen (secondary N) is 2. The van der Waals surface area contributed by atoms with Gasteiger partial charge in [0.25, 0.3) is 11.8 Å². The molecule has 8 nitrogen and oxygen atoms in total. The van der Waals surface area contributed by atoms with Gasteiger partial charge in [-0.05, 0) is 19.1 Å². The molecule has 0 aliphatic heterocycles. The standard InChI is InChI=1S/C13H13IN2O6/c1-2-15-10(17)6-3-9(13(21)22)7(11(18)16-5-14)4-8(6)12(19)20/h3-4H,2,5H2,1H3,(H,15,17)(H,16,18)(H,19,20)(H,21,22). The van der Waals surface area contributed by atoms with Gasteiger partial charge in [-0.25, -0.2) is 9.59 Å². The summed E-state index contributed by atoms with van der Waals surface area (Å²) < 4.78 is 0.218. The first-order valence-electron chi connectivity index (χ1n) is 6.10. The van der Waals surface area contributed by atoms with Gasteiger partial charge in [-0.3, -0.25) is 9.59 Å². The second kappa shape index (κ2) is 7.73. The van der Waals surface area contributed by atoms with Crippen LogP contribution < -0.4 is 10.6 Å². The third-order valence-corrected chi connectivity index (χ3v) is 3.05. The smallest absolute Gasteiger partial charge is 0.336 e. The van der Waals surface area contributed by atoms with Gasteiger partial charge in [0, 0.05) is 6.54 Å². The summed E-state index contributed by atoms with van der Waals surface area (Å²) in [6.45, 7) is 1.88. The van der Waals surface area contributed by atoms with Crippen LogP contribution in [0, 0.1) is 0 Å². The van der Waals surface area contributed by atoms with Crippen molar-refractivity contribution < 1.29 is 29.4 Å². The largest absolute Gasteiger partial charge is 0.478 e. The zero-order chi connectivity index (χ0) is 16.9. The van der Waals surface area contributed by atoms with Crippen molar-refractivity contribution >= 4 is 46.3 Å². The molecule has 0 saturated carbocycles. The van der Waals surface area contributed by atoms with Crippen molar-refractivity contribution in [3.63, 3.8) is 0 Å². The van der Waals surface area contributed by atoms with Crippen LogP contribution in [0.3, 0.4) is 0 Å². The number of benzene rings is 1. The number of aromatic carboxylic acids is 2. The van der Waals surface area contributed by atoms with Gasteiger partial charge in [0.1, 0.15) is 0 Å². The second-order valence-electron chi connectivity index (χ2n) is 4.05. The normalized spacial score (nSPS) is 9.91. The van der Waals surface area contributed by atoms with Crippen molar-refractivity contribution in [2.24, 2.45) is 0 Å². The lowest BCUT2D eigenvalue weighted by molar-refractivity contribution is 0.0675. The van der Waals surface area contributed by atoms with Gasteiger partial charge in [-0.15, -0.1) is 0 Å². The molecule has 0 atom stereocenters. The van der Waals surface area contributed by atoms with E-state index in [0.717, 1.165) is 12.1 Å². The van der Waals surface area contributed by atoms with E-state index < -0.39 is 34.9 Å². The Bertz CT molecular complexity index is 588. The summed E-state index contributed by atoms with van der Waals surface area (Å²) in [5.41, 5.74) is -1.49. The van der Waals surface area contributed by atoms with Crippen molar-refractivity contribution in [3.05, 3.63) is 34.4 Å². The van der Waals surface area contributed by atoms with E-state index in [0.29, 0.717) is 0 Å². The molecule has 0 radical (unpaired) electrons. The Morgan fingerprint density at radius 2 is 1.32 bits per heavy atom. The average Bonchev–Trinajstić information content (AvgIpc) is 2.46. The minimum absolute atomic E-state index is 0.218. The molecule has 0 heterocycles. The first-order chi connectivity index (χ1) is 10.3. The van der Waals surface area contributed by atoms with Crippen LogP contribution in [0.25, 0.3) is 0 Å². The molecule has 22 heavy (non-hydrogen) atoms. The number of hydrogen-bond acceptors (Lipinski definition) is 4. The molecule has 0 aliphatic carbocycles. The minimum atomic E-state index is -1.43. The number of carbonyl (C=O) groups excluding carboxylic acids is 2. The van der Waals surface area contributed by atoms with Crippen molar-refractivity contribution in [2.45, 2.75) is 6.92 Å². The van der Waals surface area contributed by atoms with Gasteiger partial charge < -0.3 is 20.8 Å². The first kappa shape index (κ1) is 17.9. The molecule has 4 N–H and O–H groups in total. The third kappa shape index (κ3) is 3.93.